The number of rotatable bonds is 4. The molecule has 0 atom stereocenters. The van der Waals surface area contributed by atoms with Gasteiger partial charge in [0.05, 0.1) is 6.54 Å². The molecule has 2 N–H and O–H groups in total. The highest BCUT2D eigenvalue weighted by molar-refractivity contribution is 5.98. The van der Waals surface area contributed by atoms with Gasteiger partial charge in [-0.1, -0.05) is 29.5 Å². The van der Waals surface area contributed by atoms with Gasteiger partial charge < -0.3 is 10.2 Å². The number of carbonyl (C=O) groups is 2. The van der Waals surface area contributed by atoms with Crippen molar-refractivity contribution >= 4 is 11.9 Å². The fourth-order valence-electron chi connectivity index (χ4n) is 1.73. The van der Waals surface area contributed by atoms with E-state index in [0.717, 1.165) is 15.8 Å². The number of nitrogens with zero attached hydrogens (tertiary/aromatic N) is 3. The third kappa shape index (κ3) is 2.44. The van der Waals surface area contributed by atoms with E-state index in [1.54, 1.807) is 0 Å². The van der Waals surface area contributed by atoms with Gasteiger partial charge in [0, 0.05) is 0 Å². The lowest BCUT2D eigenvalue weighted by atomic mass is 10.1. The smallest absolute Gasteiger partial charge is 0.359 e. The summed E-state index contributed by atoms with van der Waals surface area (Å²) in [6.07, 6.45) is 0. The number of hydrogen-bond acceptors (Lipinski definition) is 4. The quantitative estimate of drug-likeness (QED) is 0.851. The van der Waals surface area contributed by atoms with Gasteiger partial charge in [-0.05, 0) is 18.1 Å². The molecule has 2 aromatic rings. The third-order valence-corrected chi connectivity index (χ3v) is 2.72. The number of hydrogen-bond donors (Lipinski definition) is 2. The van der Waals surface area contributed by atoms with Crippen LogP contribution in [-0.4, -0.2) is 37.1 Å². The van der Waals surface area contributed by atoms with Crippen LogP contribution in [0.1, 0.15) is 32.1 Å². The molecule has 0 radical (unpaired) electrons. The van der Waals surface area contributed by atoms with Crippen LogP contribution in [0, 0.1) is 6.92 Å². The second-order valence-electron chi connectivity index (χ2n) is 3.98. The predicted octanol–water partition coefficient (Wildman–Crippen LogP) is 1.03. The average molecular weight is 261 g/mol. The Balaban J connectivity index is 2.44. The average Bonchev–Trinajstić information content (AvgIpc) is 2.76. The first-order chi connectivity index (χ1) is 9.00. The highest BCUT2D eigenvalue weighted by Crippen LogP contribution is 2.12. The standard InChI is InChI=1S/C12H11N3O4/c1-7-4-2-3-5-8(7)6-15-10(12(18)19)9(11(16)17)13-14-15/h2-5H,6H2,1H3,(H,16,17)(H,18,19). The summed E-state index contributed by atoms with van der Waals surface area (Å²) in [4.78, 5) is 22.0. The Labute approximate surface area is 108 Å². The van der Waals surface area contributed by atoms with Crippen molar-refractivity contribution in [3.05, 3.63) is 46.8 Å². The van der Waals surface area contributed by atoms with Gasteiger partial charge in [0.2, 0.25) is 5.69 Å². The van der Waals surface area contributed by atoms with Crippen molar-refractivity contribution in [2.75, 3.05) is 0 Å². The molecule has 0 spiro atoms. The van der Waals surface area contributed by atoms with Crippen molar-refractivity contribution in [3.63, 3.8) is 0 Å². The first-order valence-corrected chi connectivity index (χ1v) is 5.45. The Hall–Kier alpha value is -2.70. The van der Waals surface area contributed by atoms with E-state index in [-0.39, 0.29) is 6.54 Å². The van der Waals surface area contributed by atoms with E-state index < -0.39 is 23.3 Å². The largest absolute Gasteiger partial charge is 0.476 e. The number of aromatic nitrogens is 3. The molecule has 0 aliphatic rings. The molecule has 1 heterocycles. The second kappa shape index (κ2) is 4.89. The molecule has 98 valence electrons. The van der Waals surface area contributed by atoms with Gasteiger partial charge in [0.25, 0.3) is 0 Å². The Morgan fingerprint density at radius 3 is 2.47 bits per heavy atom. The highest BCUT2D eigenvalue weighted by Gasteiger charge is 2.24. The van der Waals surface area contributed by atoms with Gasteiger partial charge in [-0.2, -0.15) is 0 Å². The lowest BCUT2D eigenvalue weighted by Gasteiger charge is -2.06. The number of aryl methyl sites for hydroxylation is 1. The van der Waals surface area contributed by atoms with Crippen LogP contribution in [0.2, 0.25) is 0 Å². The maximum atomic E-state index is 11.1. The maximum absolute atomic E-state index is 11.1. The van der Waals surface area contributed by atoms with Gasteiger partial charge in [0.15, 0.2) is 5.69 Å². The molecule has 0 aliphatic heterocycles. The molecule has 1 aromatic carbocycles. The van der Waals surface area contributed by atoms with E-state index in [9.17, 15) is 9.59 Å². The van der Waals surface area contributed by atoms with Gasteiger partial charge in [-0.3, -0.25) is 0 Å². The molecule has 7 nitrogen and oxygen atoms in total. The molecule has 1 aromatic heterocycles. The summed E-state index contributed by atoms with van der Waals surface area (Å²) in [5.74, 6) is -2.77. The lowest BCUT2D eigenvalue weighted by molar-refractivity contribution is 0.0640. The molecule has 0 bridgehead atoms. The van der Waals surface area contributed by atoms with E-state index in [1.165, 1.54) is 0 Å². The zero-order valence-corrected chi connectivity index (χ0v) is 10.1. The summed E-state index contributed by atoms with van der Waals surface area (Å²) in [5.41, 5.74) is 0.842. The highest BCUT2D eigenvalue weighted by atomic mass is 16.4. The van der Waals surface area contributed by atoms with Crippen molar-refractivity contribution < 1.29 is 19.8 Å². The van der Waals surface area contributed by atoms with Gasteiger partial charge in [-0.15, -0.1) is 5.10 Å². The van der Waals surface area contributed by atoms with Crippen LogP contribution in [0.3, 0.4) is 0 Å². The molecule has 19 heavy (non-hydrogen) atoms. The SMILES string of the molecule is Cc1ccccc1Cn1nnc(C(=O)O)c1C(=O)O. The Kier molecular flexibility index (Phi) is 3.28. The first kappa shape index (κ1) is 12.7. The molecule has 0 saturated heterocycles. The molecule has 0 unspecified atom stereocenters. The predicted molar refractivity (Wildman–Crippen MR) is 64.2 cm³/mol. The maximum Gasteiger partial charge on any atom is 0.359 e. The third-order valence-electron chi connectivity index (χ3n) is 2.72. The van der Waals surface area contributed by atoms with Crippen LogP contribution in [-0.2, 0) is 6.54 Å². The minimum Gasteiger partial charge on any atom is -0.476 e. The topological polar surface area (TPSA) is 105 Å². The van der Waals surface area contributed by atoms with Crippen LogP contribution in [0.5, 0.6) is 0 Å². The second-order valence-corrected chi connectivity index (χ2v) is 3.98. The fraction of sp³-hybridized carbons (Fsp3) is 0.167. The number of carboxylic acids is 2. The molecule has 0 aliphatic carbocycles. The van der Waals surface area contributed by atoms with Crippen LogP contribution in [0.25, 0.3) is 0 Å². The number of carboxylic acid groups (broad SMARTS) is 2. The van der Waals surface area contributed by atoms with Crippen LogP contribution >= 0.6 is 0 Å². The van der Waals surface area contributed by atoms with E-state index in [2.05, 4.69) is 10.3 Å². The summed E-state index contributed by atoms with van der Waals surface area (Å²) in [7, 11) is 0. The Morgan fingerprint density at radius 2 is 1.89 bits per heavy atom. The minimum absolute atomic E-state index is 0.161. The fourth-order valence-corrected chi connectivity index (χ4v) is 1.73. The minimum atomic E-state index is -1.41. The van der Waals surface area contributed by atoms with Crippen molar-refractivity contribution in [1.29, 1.82) is 0 Å². The molecular weight excluding hydrogens is 250 g/mol. The summed E-state index contributed by atoms with van der Waals surface area (Å²) in [5, 5.41) is 24.9. The zero-order valence-electron chi connectivity index (χ0n) is 10.1. The molecule has 0 saturated carbocycles. The van der Waals surface area contributed by atoms with Crippen molar-refractivity contribution in [1.82, 2.24) is 15.0 Å². The van der Waals surface area contributed by atoms with Crippen molar-refractivity contribution in [2.24, 2.45) is 0 Å². The summed E-state index contributed by atoms with van der Waals surface area (Å²) in [6.45, 7) is 2.04. The van der Waals surface area contributed by atoms with E-state index in [0.29, 0.717) is 0 Å². The molecular formula is C12H11N3O4. The first-order valence-electron chi connectivity index (χ1n) is 5.45. The van der Waals surface area contributed by atoms with Gasteiger partial charge in [0.1, 0.15) is 0 Å². The zero-order chi connectivity index (χ0) is 14.0. The van der Waals surface area contributed by atoms with Gasteiger partial charge >= 0.3 is 11.9 Å². The number of aromatic carboxylic acids is 2. The van der Waals surface area contributed by atoms with Crippen LogP contribution in [0.4, 0.5) is 0 Å². The number of benzene rings is 1. The van der Waals surface area contributed by atoms with E-state index in [4.69, 9.17) is 10.2 Å². The van der Waals surface area contributed by atoms with Crippen LogP contribution in [0.15, 0.2) is 24.3 Å². The Bertz CT molecular complexity index is 648. The van der Waals surface area contributed by atoms with Crippen molar-refractivity contribution in [3.8, 4) is 0 Å². The lowest BCUT2D eigenvalue weighted by Crippen LogP contribution is -2.15. The van der Waals surface area contributed by atoms with Crippen molar-refractivity contribution in [2.45, 2.75) is 13.5 Å². The van der Waals surface area contributed by atoms with Crippen LogP contribution < -0.4 is 0 Å². The molecule has 2 rings (SSSR count). The van der Waals surface area contributed by atoms with Gasteiger partial charge in [-0.25, -0.2) is 14.3 Å². The molecule has 7 heteroatoms. The summed E-state index contributed by atoms with van der Waals surface area (Å²) >= 11 is 0. The Morgan fingerprint density at radius 1 is 1.21 bits per heavy atom. The monoisotopic (exact) mass is 261 g/mol. The summed E-state index contributed by atoms with van der Waals surface area (Å²) < 4.78 is 1.08. The molecule has 0 amide bonds. The van der Waals surface area contributed by atoms with E-state index in [1.807, 2.05) is 31.2 Å². The normalized spacial score (nSPS) is 10.4. The summed E-state index contributed by atoms with van der Waals surface area (Å²) in [6, 6.07) is 7.38. The van der Waals surface area contributed by atoms with E-state index >= 15 is 0 Å². The molecule has 0 fully saturated rings.